The second kappa shape index (κ2) is 8.60. The van der Waals surface area contributed by atoms with Gasteiger partial charge in [0.2, 0.25) is 5.91 Å². The summed E-state index contributed by atoms with van der Waals surface area (Å²) in [5.41, 5.74) is 1.89. The van der Waals surface area contributed by atoms with Crippen molar-refractivity contribution in [3.63, 3.8) is 0 Å². The molecule has 3 aliphatic rings. The Balaban J connectivity index is 1.22. The maximum Gasteiger partial charge on any atom is 0.250 e. The number of carbonyl (C=O) groups excluding carboxylic acids is 1. The van der Waals surface area contributed by atoms with Crippen LogP contribution in [0, 0.1) is 5.92 Å². The molecule has 4 heterocycles. The van der Waals surface area contributed by atoms with Crippen molar-refractivity contribution in [3.8, 4) is 0 Å². The fraction of sp³-hybridized carbons (Fsp3) is 0.520. The maximum absolute atomic E-state index is 13.3. The minimum Gasteiger partial charge on any atom is -0.381 e. The van der Waals surface area contributed by atoms with E-state index in [-0.39, 0.29) is 11.5 Å². The molecule has 1 aromatic heterocycles. The highest BCUT2D eigenvalue weighted by Crippen LogP contribution is 2.36. The van der Waals surface area contributed by atoms with Gasteiger partial charge in [0.15, 0.2) is 0 Å². The fourth-order valence-electron chi connectivity index (χ4n) is 5.80. The second-order valence-corrected chi connectivity index (χ2v) is 9.27. The molecule has 1 aromatic carbocycles. The highest BCUT2D eigenvalue weighted by molar-refractivity contribution is 5.88. The fourth-order valence-corrected chi connectivity index (χ4v) is 5.80. The van der Waals surface area contributed by atoms with Crippen molar-refractivity contribution < 1.29 is 9.53 Å². The van der Waals surface area contributed by atoms with Crippen LogP contribution in [0.5, 0.6) is 0 Å². The van der Waals surface area contributed by atoms with Gasteiger partial charge in [-0.25, -0.2) is 0 Å². The smallest absolute Gasteiger partial charge is 0.250 e. The number of ether oxygens (including phenoxy) is 1. The van der Waals surface area contributed by atoms with Gasteiger partial charge < -0.3 is 19.5 Å². The van der Waals surface area contributed by atoms with E-state index in [0.717, 1.165) is 51.0 Å². The molecule has 2 saturated heterocycles. The number of nitrogens with zero attached hydrogens (tertiary/aromatic N) is 2. The molecule has 2 fully saturated rings. The van der Waals surface area contributed by atoms with Gasteiger partial charge >= 0.3 is 0 Å². The molecular weight excluding hydrogens is 390 g/mol. The minimum atomic E-state index is -0.488. The van der Waals surface area contributed by atoms with E-state index >= 15 is 0 Å². The largest absolute Gasteiger partial charge is 0.381 e. The summed E-state index contributed by atoms with van der Waals surface area (Å²) in [6.45, 7) is 5.49. The van der Waals surface area contributed by atoms with Gasteiger partial charge in [0.25, 0.3) is 5.56 Å². The summed E-state index contributed by atoms with van der Waals surface area (Å²) >= 11 is 0. The van der Waals surface area contributed by atoms with E-state index in [1.165, 1.54) is 5.69 Å². The predicted molar refractivity (Wildman–Crippen MR) is 119 cm³/mol. The number of rotatable bonds is 5. The Kier molecular flexibility index (Phi) is 5.67. The number of pyridine rings is 1. The quantitative estimate of drug-likeness (QED) is 0.804. The predicted octanol–water partition coefficient (Wildman–Crippen LogP) is 2.13. The van der Waals surface area contributed by atoms with Gasteiger partial charge in [0, 0.05) is 63.6 Å². The highest BCUT2D eigenvalue weighted by atomic mass is 16.5. The summed E-state index contributed by atoms with van der Waals surface area (Å²) in [6, 6.07) is 15.8. The van der Waals surface area contributed by atoms with Crippen molar-refractivity contribution >= 4 is 5.91 Å². The Morgan fingerprint density at radius 1 is 1.03 bits per heavy atom. The number of likely N-dealkylation sites (tertiary alicyclic amines) is 1. The number of fused-ring (bicyclic) bond motifs is 4. The van der Waals surface area contributed by atoms with Crippen LogP contribution in [0.2, 0.25) is 0 Å². The van der Waals surface area contributed by atoms with Gasteiger partial charge in [0.1, 0.15) is 0 Å². The number of benzene rings is 1. The first-order chi connectivity index (χ1) is 15.2. The van der Waals surface area contributed by atoms with E-state index in [0.29, 0.717) is 31.6 Å². The standard InChI is InChI=1S/C25H31N3O3/c29-23-8-4-7-22-20-15-19(17-28(22)23)16-27(18-20)12-11-26-24(30)25(9-13-31-14-10-25)21-5-2-1-3-6-21/h1-8,19-20H,9-18H2,(H,26,30)/t19-,20+/m1/s1. The Morgan fingerprint density at radius 3 is 2.65 bits per heavy atom. The molecule has 164 valence electrons. The first kappa shape index (κ1) is 20.5. The summed E-state index contributed by atoms with van der Waals surface area (Å²) in [7, 11) is 0. The van der Waals surface area contributed by atoms with Crippen molar-refractivity contribution in [2.45, 2.75) is 37.1 Å². The van der Waals surface area contributed by atoms with Crippen molar-refractivity contribution in [2.75, 3.05) is 39.4 Å². The van der Waals surface area contributed by atoms with Crippen LogP contribution in [-0.2, 0) is 21.5 Å². The number of nitrogens with one attached hydrogen (secondary N) is 1. The number of amides is 1. The topological polar surface area (TPSA) is 63.6 Å². The van der Waals surface area contributed by atoms with Crippen molar-refractivity contribution in [1.29, 1.82) is 0 Å². The van der Waals surface area contributed by atoms with Crippen LogP contribution in [0.3, 0.4) is 0 Å². The lowest BCUT2D eigenvalue weighted by molar-refractivity contribution is -0.130. The molecule has 2 bridgehead atoms. The summed E-state index contributed by atoms with van der Waals surface area (Å²) in [4.78, 5) is 28.0. The second-order valence-electron chi connectivity index (χ2n) is 9.27. The molecule has 2 aromatic rings. The third-order valence-corrected chi connectivity index (χ3v) is 7.38. The number of hydrogen-bond donors (Lipinski definition) is 1. The summed E-state index contributed by atoms with van der Waals surface area (Å²) in [5.74, 6) is 1.03. The van der Waals surface area contributed by atoms with E-state index in [1.54, 1.807) is 6.07 Å². The van der Waals surface area contributed by atoms with Crippen LogP contribution in [-0.4, -0.2) is 54.8 Å². The molecule has 5 rings (SSSR count). The number of carbonyl (C=O) groups is 1. The van der Waals surface area contributed by atoms with Gasteiger partial charge in [0.05, 0.1) is 5.41 Å². The highest BCUT2D eigenvalue weighted by Gasteiger charge is 2.41. The van der Waals surface area contributed by atoms with Crippen LogP contribution in [0.4, 0.5) is 0 Å². The molecule has 1 N–H and O–H groups in total. The zero-order chi connectivity index (χ0) is 21.3. The van der Waals surface area contributed by atoms with Crippen molar-refractivity contribution in [3.05, 3.63) is 70.1 Å². The molecule has 2 atom stereocenters. The van der Waals surface area contributed by atoms with Crippen molar-refractivity contribution in [2.24, 2.45) is 5.92 Å². The van der Waals surface area contributed by atoms with Gasteiger partial charge in [-0.05, 0) is 36.8 Å². The minimum absolute atomic E-state index is 0.121. The molecule has 1 amide bonds. The summed E-state index contributed by atoms with van der Waals surface area (Å²) in [5, 5.41) is 3.24. The van der Waals surface area contributed by atoms with E-state index < -0.39 is 5.41 Å². The Labute approximate surface area is 183 Å². The zero-order valence-corrected chi connectivity index (χ0v) is 18.0. The summed E-state index contributed by atoms with van der Waals surface area (Å²) in [6.07, 6.45) is 2.61. The van der Waals surface area contributed by atoms with Gasteiger partial charge in [-0.1, -0.05) is 36.4 Å². The SMILES string of the molecule is O=C(NCCN1C[C@H]2C[C@@H](C1)c1cccc(=O)n1C2)C1(c2ccccc2)CCOCC1. The van der Waals surface area contributed by atoms with Crippen LogP contribution in [0.1, 0.15) is 36.4 Å². The zero-order valence-electron chi connectivity index (χ0n) is 18.0. The Hall–Kier alpha value is -2.44. The lowest BCUT2D eigenvalue weighted by Crippen LogP contribution is -2.51. The molecule has 0 spiro atoms. The maximum atomic E-state index is 13.3. The average Bonchev–Trinajstić information content (AvgIpc) is 2.81. The molecule has 0 radical (unpaired) electrons. The first-order valence-corrected chi connectivity index (χ1v) is 11.5. The van der Waals surface area contributed by atoms with Crippen LogP contribution in [0.15, 0.2) is 53.3 Å². The van der Waals surface area contributed by atoms with Crippen molar-refractivity contribution in [1.82, 2.24) is 14.8 Å². The normalized spacial score (nSPS) is 24.9. The lowest BCUT2D eigenvalue weighted by Gasteiger charge is -2.43. The third kappa shape index (κ3) is 3.94. The summed E-state index contributed by atoms with van der Waals surface area (Å²) < 4.78 is 7.53. The van der Waals surface area contributed by atoms with Gasteiger partial charge in [-0.15, -0.1) is 0 Å². The molecular formula is C25H31N3O3. The number of piperidine rings is 1. The van der Waals surface area contributed by atoms with E-state index in [4.69, 9.17) is 4.74 Å². The van der Waals surface area contributed by atoms with E-state index in [2.05, 4.69) is 28.4 Å². The van der Waals surface area contributed by atoms with E-state index in [1.807, 2.05) is 28.8 Å². The third-order valence-electron chi connectivity index (χ3n) is 7.38. The molecule has 31 heavy (non-hydrogen) atoms. The van der Waals surface area contributed by atoms with E-state index in [9.17, 15) is 9.59 Å². The van der Waals surface area contributed by atoms with Gasteiger partial charge in [-0.3, -0.25) is 9.59 Å². The molecule has 6 nitrogen and oxygen atoms in total. The molecule has 0 unspecified atom stereocenters. The first-order valence-electron chi connectivity index (χ1n) is 11.5. The van der Waals surface area contributed by atoms with Gasteiger partial charge in [-0.2, -0.15) is 0 Å². The average molecular weight is 422 g/mol. The molecule has 0 aliphatic carbocycles. The number of aromatic nitrogens is 1. The number of hydrogen-bond acceptors (Lipinski definition) is 4. The van der Waals surface area contributed by atoms with Crippen LogP contribution in [0.25, 0.3) is 0 Å². The Morgan fingerprint density at radius 2 is 1.84 bits per heavy atom. The molecule has 6 heteroatoms. The molecule has 3 aliphatic heterocycles. The van der Waals surface area contributed by atoms with Crippen LogP contribution >= 0.6 is 0 Å². The Bertz CT molecular complexity index is 981. The lowest BCUT2D eigenvalue weighted by atomic mass is 9.73. The molecule has 0 saturated carbocycles. The van der Waals surface area contributed by atoms with Crippen LogP contribution < -0.4 is 10.9 Å². The monoisotopic (exact) mass is 421 g/mol.